The van der Waals surface area contributed by atoms with Crippen molar-refractivity contribution in [2.75, 3.05) is 0 Å². The summed E-state index contributed by atoms with van der Waals surface area (Å²) in [6.07, 6.45) is 10.4. The molecule has 4 bridgehead atoms. The molecule has 4 fully saturated rings. The van der Waals surface area contributed by atoms with Gasteiger partial charge in [0.1, 0.15) is 12.4 Å². The van der Waals surface area contributed by atoms with Crippen LogP contribution in [0, 0.1) is 27.4 Å². The predicted molar refractivity (Wildman–Crippen MR) is 107 cm³/mol. The Balaban J connectivity index is 1.30. The second-order valence-electron chi connectivity index (χ2n) is 9.64. The van der Waals surface area contributed by atoms with E-state index in [0.29, 0.717) is 23.6 Å². The van der Waals surface area contributed by atoms with Gasteiger partial charge in [0.15, 0.2) is 0 Å². The molecule has 7 rings (SSSR count). The van der Waals surface area contributed by atoms with Gasteiger partial charge in [-0.05, 0) is 55.8 Å². The van der Waals surface area contributed by atoms with Crippen molar-refractivity contribution in [2.45, 2.75) is 50.5 Å². The Kier molecular flexibility index (Phi) is 3.70. The van der Waals surface area contributed by atoms with Crippen LogP contribution in [0.4, 0.5) is 5.69 Å². The predicted octanol–water partition coefficient (Wildman–Crippen LogP) is 4.38. The van der Waals surface area contributed by atoms with E-state index in [9.17, 15) is 10.1 Å². The molecular weight excluding hydrogens is 382 g/mol. The first-order chi connectivity index (χ1) is 14.5. The average Bonchev–Trinajstić information content (AvgIpc) is 3.37. The minimum absolute atomic E-state index is 0.0733. The quantitative estimate of drug-likeness (QED) is 0.461. The van der Waals surface area contributed by atoms with Crippen LogP contribution in [0.5, 0.6) is 0 Å². The first kappa shape index (κ1) is 17.8. The summed E-state index contributed by atoms with van der Waals surface area (Å²) in [4.78, 5) is 15.5. The third kappa shape index (κ3) is 2.77. The van der Waals surface area contributed by atoms with Gasteiger partial charge in [0.05, 0.1) is 10.5 Å². The zero-order chi connectivity index (χ0) is 20.3. The lowest BCUT2D eigenvalue weighted by Crippen LogP contribution is -2.57. The van der Waals surface area contributed by atoms with Crippen molar-refractivity contribution in [3.8, 4) is 11.4 Å². The largest absolute Gasteiger partial charge is 0.339 e. The van der Waals surface area contributed by atoms with Gasteiger partial charge in [0.2, 0.25) is 11.7 Å². The second kappa shape index (κ2) is 6.23. The van der Waals surface area contributed by atoms with E-state index in [4.69, 9.17) is 4.52 Å². The summed E-state index contributed by atoms with van der Waals surface area (Å²) >= 11 is 0. The minimum Gasteiger partial charge on any atom is -0.339 e. The van der Waals surface area contributed by atoms with E-state index < -0.39 is 0 Å². The zero-order valence-corrected chi connectivity index (χ0v) is 16.6. The molecule has 0 spiro atoms. The highest BCUT2D eigenvalue weighted by atomic mass is 16.6. The molecule has 0 N–H and O–H groups in total. The fraction of sp³-hybridized carbons (Fsp3) is 0.500. The lowest BCUT2D eigenvalue weighted by molar-refractivity contribution is -0.385. The molecule has 3 aromatic rings. The van der Waals surface area contributed by atoms with Gasteiger partial charge in [-0.2, -0.15) is 10.1 Å². The van der Waals surface area contributed by atoms with Crippen molar-refractivity contribution in [3.05, 3.63) is 58.7 Å². The van der Waals surface area contributed by atoms with Crippen molar-refractivity contribution >= 4 is 5.69 Å². The number of nitrogens with zero attached hydrogens (tertiary/aromatic N) is 5. The molecule has 8 heteroatoms. The molecule has 4 saturated carbocycles. The van der Waals surface area contributed by atoms with E-state index >= 15 is 0 Å². The monoisotopic (exact) mass is 405 g/mol. The van der Waals surface area contributed by atoms with Crippen LogP contribution in [0.3, 0.4) is 0 Å². The van der Waals surface area contributed by atoms with Crippen molar-refractivity contribution < 1.29 is 9.45 Å². The van der Waals surface area contributed by atoms with E-state index in [1.165, 1.54) is 12.6 Å². The van der Waals surface area contributed by atoms with Crippen LogP contribution >= 0.6 is 0 Å². The molecule has 2 atom stereocenters. The molecule has 0 radical (unpaired) electrons. The number of nitro groups is 1. The Morgan fingerprint density at radius 2 is 1.93 bits per heavy atom. The van der Waals surface area contributed by atoms with Crippen LogP contribution in [-0.4, -0.2) is 24.8 Å². The van der Waals surface area contributed by atoms with Gasteiger partial charge in [-0.15, -0.1) is 0 Å². The molecule has 8 nitrogen and oxygen atoms in total. The van der Waals surface area contributed by atoms with E-state index in [-0.39, 0.29) is 21.6 Å². The molecule has 1 aromatic carbocycles. The first-order valence-electron chi connectivity index (χ1n) is 10.6. The first-order valence-corrected chi connectivity index (χ1v) is 10.6. The van der Waals surface area contributed by atoms with E-state index in [0.717, 1.165) is 44.1 Å². The maximum absolute atomic E-state index is 11.2. The van der Waals surface area contributed by atoms with Gasteiger partial charge in [-0.1, -0.05) is 35.5 Å². The number of hydrogen-bond donors (Lipinski definition) is 0. The van der Waals surface area contributed by atoms with Gasteiger partial charge >= 0.3 is 5.69 Å². The third-order valence-electron chi connectivity index (χ3n) is 7.44. The summed E-state index contributed by atoms with van der Waals surface area (Å²) in [5.41, 5.74) is 1.01. The van der Waals surface area contributed by atoms with Crippen molar-refractivity contribution in [1.82, 2.24) is 19.9 Å². The Bertz CT molecular complexity index is 1090. The summed E-state index contributed by atoms with van der Waals surface area (Å²) in [5.74, 6) is 2.59. The van der Waals surface area contributed by atoms with E-state index in [1.807, 2.05) is 35.0 Å². The van der Waals surface area contributed by atoms with E-state index in [2.05, 4.69) is 15.2 Å². The van der Waals surface area contributed by atoms with Crippen LogP contribution in [-0.2, 0) is 12.0 Å². The van der Waals surface area contributed by atoms with Gasteiger partial charge in [0.25, 0.3) is 0 Å². The second-order valence-corrected chi connectivity index (χ2v) is 9.64. The molecule has 4 aliphatic rings. The molecule has 2 unspecified atom stereocenters. The normalized spacial score (nSPS) is 31.9. The van der Waals surface area contributed by atoms with Crippen molar-refractivity contribution in [2.24, 2.45) is 17.3 Å². The van der Waals surface area contributed by atoms with Crippen LogP contribution in [0.15, 0.2) is 47.2 Å². The molecule has 0 saturated heterocycles. The highest BCUT2D eigenvalue weighted by Gasteiger charge is 2.59. The molecule has 30 heavy (non-hydrogen) atoms. The van der Waals surface area contributed by atoms with Crippen LogP contribution in [0.2, 0.25) is 0 Å². The minimum atomic E-state index is -0.358. The van der Waals surface area contributed by atoms with Gasteiger partial charge < -0.3 is 4.52 Å². The smallest absolute Gasteiger partial charge is 0.307 e. The Labute approximate surface area is 173 Å². The Morgan fingerprint density at radius 3 is 2.63 bits per heavy atom. The summed E-state index contributed by atoms with van der Waals surface area (Å²) in [6.45, 7) is 0. The van der Waals surface area contributed by atoms with Crippen LogP contribution in [0.25, 0.3) is 11.4 Å². The Morgan fingerprint density at radius 1 is 1.17 bits per heavy atom. The zero-order valence-electron chi connectivity index (χ0n) is 16.6. The number of rotatable bonds is 5. The van der Waals surface area contributed by atoms with Crippen LogP contribution < -0.4 is 0 Å². The van der Waals surface area contributed by atoms with Crippen LogP contribution in [0.1, 0.15) is 44.4 Å². The summed E-state index contributed by atoms with van der Waals surface area (Å²) in [7, 11) is 0. The summed E-state index contributed by atoms with van der Waals surface area (Å²) in [6, 6.07) is 9.88. The SMILES string of the molecule is O=[N+]([O-])c1cnn(C23CC4CC(CC(Cc5nc(-c6ccccc6)no5)(C4)C2)C3)c1. The third-order valence-corrected chi connectivity index (χ3v) is 7.44. The molecule has 4 aliphatic carbocycles. The van der Waals surface area contributed by atoms with Gasteiger partial charge in [0, 0.05) is 12.0 Å². The maximum Gasteiger partial charge on any atom is 0.307 e. The number of hydrogen-bond acceptors (Lipinski definition) is 6. The average molecular weight is 405 g/mol. The standard InChI is InChI=1S/C22H23N5O3/c28-27(29)18-12-23-26(13-18)22-9-15-6-16(10-22)8-21(7-15,14-22)11-19-24-20(25-30-19)17-4-2-1-3-5-17/h1-5,12-13,15-16H,6-11,14H2. The summed E-state index contributed by atoms with van der Waals surface area (Å²) in [5, 5.41) is 19.8. The summed E-state index contributed by atoms with van der Waals surface area (Å²) < 4.78 is 7.56. The lowest BCUT2D eigenvalue weighted by atomic mass is 9.46. The fourth-order valence-corrected chi connectivity index (χ4v) is 6.90. The molecule has 2 aromatic heterocycles. The highest BCUT2D eigenvalue weighted by Crippen LogP contribution is 2.65. The topological polar surface area (TPSA) is 99.9 Å². The number of aromatic nitrogens is 4. The highest BCUT2D eigenvalue weighted by molar-refractivity contribution is 5.53. The molecule has 2 heterocycles. The molecule has 0 amide bonds. The van der Waals surface area contributed by atoms with E-state index in [1.54, 1.807) is 6.20 Å². The van der Waals surface area contributed by atoms with Gasteiger partial charge in [-0.25, -0.2) is 0 Å². The Hall–Kier alpha value is -3.03. The molecule has 0 aliphatic heterocycles. The number of benzene rings is 1. The molecular formula is C22H23N5O3. The fourth-order valence-electron chi connectivity index (χ4n) is 6.90. The maximum atomic E-state index is 11.2. The van der Waals surface area contributed by atoms with Crippen molar-refractivity contribution in [1.29, 1.82) is 0 Å². The lowest BCUT2D eigenvalue weighted by Gasteiger charge is -2.61. The molecule has 154 valence electrons. The van der Waals surface area contributed by atoms with Crippen molar-refractivity contribution in [3.63, 3.8) is 0 Å². The van der Waals surface area contributed by atoms with Gasteiger partial charge in [-0.3, -0.25) is 14.8 Å².